The summed E-state index contributed by atoms with van der Waals surface area (Å²) < 4.78 is 5.27. The van der Waals surface area contributed by atoms with E-state index in [4.69, 9.17) is 4.74 Å². The summed E-state index contributed by atoms with van der Waals surface area (Å²) in [6.07, 6.45) is 0.316. The molecule has 0 unspecified atom stereocenters. The number of esters is 1. The maximum absolute atomic E-state index is 12.0. The summed E-state index contributed by atoms with van der Waals surface area (Å²) in [5.41, 5.74) is 0.288. The van der Waals surface area contributed by atoms with E-state index in [-0.39, 0.29) is 0 Å². The van der Waals surface area contributed by atoms with Gasteiger partial charge in [0.05, 0.1) is 11.8 Å². The highest BCUT2D eigenvalue weighted by Crippen LogP contribution is 2.22. The molecule has 0 fully saturated rings. The molecular formula is C16H22O4. The largest absolute Gasteiger partial charge is 0.481 e. The van der Waals surface area contributed by atoms with Crippen molar-refractivity contribution >= 4 is 11.9 Å². The van der Waals surface area contributed by atoms with Gasteiger partial charge in [-0.25, -0.2) is 0 Å². The Morgan fingerprint density at radius 3 is 2.20 bits per heavy atom. The second-order valence-corrected chi connectivity index (χ2v) is 5.96. The zero-order valence-electron chi connectivity index (χ0n) is 12.4. The summed E-state index contributed by atoms with van der Waals surface area (Å²) in [7, 11) is 0. The van der Waals surface area contributed by atoms with Crippen LogP contribution >= 0.6 is 0 Å². The lowest BCUT2D eigenvalue weighted by Crippen LogP contribution is -2.35. The first-order valence-corrected chi connectivity index (χ1v) is 6.70. The van der Waals surface area contributed by atoms with E-state index in [9.17, 15) is 14.7 Å². The van der Waals surface area contributed by atoms with E-state index < -0.39 is 29.4 Å². The molecule has 0 aliphatic carbocycles. The molecule has 1 aromatic carbocycles. The molecule has 0 heterocycles. The van der Waals surface area contributed by atoms with E-state index in [1.807, 2.05) is 30.3 Å². The molecule has 0 aliphatic rings. The van der Waals surface area contributed by atoms with Crippen LogP contribution in [0.4, 0.5) is 0 Å². The van der Waals surface area contributed by atoms with Gasteiger partial charge in [0.1, 0.15) is 5.60 Å². The van der Waals surface area contributed by atoms with Gasteiger partial charge >= 0.3 is 11.9 Å². The standard InChI is InChI=1S/C16H22O4/c1-11(15(19)20-16(2,3)4)13(14(17)18)10-12-8-6-5-7-9-12/h5-9,11,13H,10H2,1-4H3,(H,17,18)/t11-,13+/m0/s1. The van der Waals surface area contributed by atoms with Crippen molar-refractivity contribution < 1.29 is 19.4 Å². The lowest BCUT2D eigenvalue weighted by Gasteiger charge is -2.25. The summed E-state index contributed by atoms with van der Waals surface area (Å²) in [5, 5.41) is 9.34. The Hall–Kier alpha value is -1.84. The number of carboxylic acid groups (broad SMARTS) is 1. The molecule has 0 amide bonds. The van der Waals surface area contributed by atoms with Gasteiger partial charge in [0.2, 0.25) is 0 Å². The number of hydrogen-bond donors (Lipinski definition) is 1. The van der Waals surface area contributed by atoms with Crippen molar-refractivity contribution in [2.45, 2.75) is 39.7 Å². The molecular weight excluding hydrogens is 256 g/mol. The smallest absolute Gasteiger partial charge is 0.310 e. The van der Waals surface area contributed by atoms with Crippen molar-refractivity contribution in [2.75, 3.05) is 0 Å². The zero-order valence-corrected chi connectivity index (χ0v) is 12.4. The highest BCUT2D eigenvalue weighted by atomic mass is 16.6. The third-order valence-electron chi connectivity index (χ3n) is 3.00. The van der Waals surface area contributed by atoms with Gasteiger partial charge < -0.3 is 9.84 Å². The normalized spacial score (nSPS) is 14.4. The van der Waals surface area contributed by atoms with E-state index in [2.05, 4.69) is 0 Å². The Morgan fingerprint density at radius 2 is 1.75 bits per heavy atom. The lowest BCUT2D eigenvalue weighted by molar-refractivity contribution is -0.165. The van der Waals surface area contributed by atoms with Crippen LogP contribution in [-0.4, -0.2) is 22.6 Å². The van der Waals surface area contributed by atoms with Crippen LogP contribution in [-0.2, 0) is 20.7 Å². The van der Waals surface area contributed by atoms with Crippen LogP contribution in [0.2, 0.25) is 0 Å². The van der Waals surface area contributed by atoms with Crippen LogP contribution in [0, 0.1) is 11.8 Å². The monoisotopic (exact) mass is 278 g/mol. The number of rotatable bonds is 5. The Labute approximate surface area is 119 Å². The molecule has 0 aromatic heterocycles. The van der Waals surface area contributed by atoms with Crippen LogP contribution in [0.15, 0.2) is 30.3 Å². The second kappa shape index (κ2) is 6.55. The maximum Gasteiger partial charge on any atom is 0.310 e. The lowest BCUT2D eigenvalue weighted by atomic mass is 9.88. The molecule has 0 radical (unpaired) electrons. The summed E-state index contributed by atoms with van der Waals surface area (Å²) in [6, 6.07) is 9.30. The van der Waals surface area contributed by atoms with E-state index in [0.29, 0.717) is 6.42 Å². The number of carboxylic acids is 1. The van der Waals surface area contributed by atoms with Crippen LogP contribution in [0.25, 0.3) is 0 Å². The molecule has 0 aliphatic heterocycles. The highest BCUT2D eigenvalue weighted by molar-refractivity contribution is 5.81. The fourth-order valence-electron chi connectivity index (χ4n) is 1.90. The Balaban J connectivity index is 2.81. The summed E-state index contributed by atoms with van der Waals surface area (Å²) in [6.45, 7) is 6.91. The first kappa shape index (κ1) is 16.2. The van der Waals surface area contributed by atoms with E-state index in [1.165, 1.54) is 0 Å². The van der Waals surface area contributed by atoms with Crippen LogP contribution in [0.1, 0.15) is 33.3 Å². The summed E-state index contributed by atoms with van der Waals surface area (Å²) >= 11 is 0. The molecule has 0 spiro atoms. The van der Waals surface area contributed by atoms with Crippen molar-refractivity contribution in [2.24, 2.45) is 11.8 Å². The molecule has 4 heteroatoms. The predicted octanol–water partition coefficient (Wildman–Crippen LogP) is 2.91. The van der Waals surface area contributed by atoms with E-state index >= 15 is 0 Å². The zero-order chi connectivity index (χ0) is 15.3. The Morgan fingerprint density at radius 1 is 1.20 bits per heavy atom. The Bertz CT molecular complexity index is 459. The van der Waals surface area contributed by atoms with E-state index in [0.717, 1.165) is 5.56 Å². The van der Waals surface area contributed by atoms with Gasteiger partial charge in [0.15, 0.2) is 0 Å². The van der Waals surface area contributed by atoms with Crippen molar-refractivity contribution in [3.05, 3.63) is 35.9 Å². The second-order valence-electron chi connectivity index (χ2n) is 5.96. The van der Waals surface area contributed by atoms with Crippen molar-refractivity contribution in [3.8, 4) is 0 Å². The van der Waals surface area contributed by atoms with Gasteiger partial charge in [-0.2, -0.15) is 0 Å². The number of aliphatic carboxylic acids is 1. The minimum Gasteiger partial charge on any atom is -0.481 e. The topological polar surface area (TPSA) is 63.6 Å². The van der Waals surface area contributed by atoms with Gasteiger partial charge in [-0.15, -0.1) is 0 Å². The van der Waals surface area contributed by atoms with Gasteiger partial charge in [-0.1, -0.05) is 37.3 Å². The minimum atomic E-state index is -0.979. The molecule has 1 N–H and O–H groups in total. The average molecular weight is 278 g/mol. The molecule has 110 valence electrons. The number of ether oxygens (including phenoxy) is 1. The highest BCUT2D eigenvalue weighted by Gasteiger charge is 2.33. The molecule has 20 heavy (non-hydrogen) atoms. The third kappa shape index (κ3) is 5.03. The van der Waals surface area contributed by atoms with Crippen molar-refractivity contribution in [1.82, 2.24) is 0 Å². The SMILES string of the molecule is C[C@H](C(=O)OC(C)(C)C)[C@@H](Cc1ccccc1)C(=O)O. The number of benzene rings is 1. The van der Waals surface area contributed by atoms with Crippen LogP contribution in [0.3, 0.4) is 0 Å². The minimum absolute atomic E-state index is 0.316. The van der Waals surface area contributed by atoms with E-state index in [1.54, 1.807) is 27.7 Å². The Kier molecular flexibility index (Phi) is 5.31. The molecule has 1 rings (SSSR count). The fourth-order valence-corrected chi connectivity index (χ4v) is 1.90. The summed E-state index contributed by atoms with van der Waals surface area (Å²) in [5.74, 6) is -2.92. The first-order valence-electron chi connectivity index (χ1n) is 6.70. The van der Waals surface area contributed by atoms with Gasteiger partial charge in [-0.05, 0) is 32.8 Å². The average Bonchev–Trinajstić information content (AvgIpc) is 2.34. The van der Waals surface area contributed by atoms with Crippen molar-refractivity contribution in [1.29, 1.82) is 0 Å². The number of carbonyl (C=O) groups is 2. The molecule has 0 saturated heterocycles. The first-order chi connectivity index (χ1) is 9.20. The van der Waals surface area contributed by atoms with Crippen molar-refractivity contribution in [3.63, 3.8) is 0 Å². The van der Waals surface area contributed by atoms with Gasteiger partial charge in [0.25, 0.3) is 0 Å². The molecule has 0 saturated carbocycles. The fraction of sp³-hybridized carbons (Fsp3) is 0.500. The maximum atomic E-state index is 12.0. The molecule has 4 nitrogen and oxygen atoms in total. The van der Waals surface area contributed by atoms with Crippen LogP contribution < -0.4 is 0 Å². The third-order valence-corrected chi connectivity index (χ3v) is 3.00. The number of carbonyl (C=O) groups excluding carboxylic acids is 1. The molecule has 2 atom stereocenters. The van der Waals surface area contributed by atoms with Gasteiger partial charge in [0, 0.05) is 0 Å². The summed E-state index contributed by atoms with van der Waals surface area (Å²) in [4.78, 5) is 23.4. The predicted molar refractivity (Wildman–Crippen MR) is 76.3 cm³/mol. The van der Waals surface area contributed by atoms with Crippen LogP contribution in [0.5, 0.6) is 0 Å². The molecule has 0 bridgehead atoms. The number of hydrogen-bond acceptors (Lipinski definition) is 3. The quantitative estimate of drug-likeness (QED) is 0.841. The molecule has 1 aromatic rings. The van der Waals surface area contributed by atoms with Gasteiger partial charge in [-0.3, -0.25) is 9.59 Å².